The predicted octanol–water partition coefficient (Wildman–Crippen LogP) is 1.36. The van der Waals surface area contributed by atoms with Crippen LogP contribution in [-0.2, 0) is 4.79 Å². The van der Waals surface area contributed by atoms with Crippen molar-refractivity contribution in [2.75, 3.05) is 20.7 Å². The number of aldehydes is 1. The van der Waals surface area contributed by atoms with E-state index in [-0.39, 0.29) is 5.91 Å². The lowest BCUT2D eigenvalue weighted by molar-refractivity contribution is -0.108. The summed E-state index contributed by atoms with van der Waals surface area (Å²) in [5.41, 5.74) is 0.577. The van der Waals surface area contributed by atoms with Gasteiger partial charge in [0.05, 0.1) is 6.61 Å². The molecule has 0 bridgehead atoms. The average Bonchev–Trinajstić information content (AvgIpc) is 2.29. The molecule has 0 aliphatic carbocycles. The van der Waals surface area contributed by atoms with Gasteiger partial charge in [-0.05, 0) is 18.2 Å². The van der Waals surface area contributed by atoms with Crippen LogP contribution in [0.3, 0.4) is 0 Å². The average molecular weight is 221 g/mol. The molecule has 0 spiro atoms. The number of hydrogen-bond donors (Lipinski definition) is 0. The maximum absolute atomic E-state index is 11.6. The first kappa shape index (κ1) is 12.2. The van der Waals surface area contributed by atoms with Crippen LogP contribution in [0.15, 0.2) is 24.3 Å². The normalized spacial score (nSPS) is 9.62. The highest BCUT2D eigenvalue weighted by atomic mass is 16.5. The van der Waals surface area contributed by atoms with Gasteiger partial charge in [-0.15, -0.1) is 0 Å². The van der Waals surface area contributed by atoms with Crippen molar-refractivity contribution in [1.82, 2.24) is 4.90 Å². The Morgan fingerprint density at radius 2 is 2.19 bits per heavy atom. The van der Waals surface area contributed by atoms with E-state index in [1.54, 1.807) is 38.4 Å². The number of nitrogens with zero attached hydrogens (tertiary/aromatic N) is 1. The zero-order chi connectivity index (χ0) is 12.0. The van der Waals surface area contributed by atoms with Crippen molar-refractivity contribution >= 4 is 12.2 Å². The standard InChI is InChI=1S/C12H15NO3/c1-13(2)12(15)10-5-3-6-11(9-10)16-8-4-7-14/h3,5-7,9H,4,8H2,1-2H3. The van der Waals surface area contributed by atoms with Crippen LogP contribution < -0.4 is 4.74 Å². The van der Waals surface area contributed by atoms with E-state index in [9.17, 15) is 9.59 Å². The van der Waals surface area contributed by atoms with Crippen molar-refractivity contribution in [1.29, 1.82) is 0 Å². The molecule has 0 saturated carbocycles. The summed E-state index contributed by atoms with van der Waals surface area (Å²) in [6, 6.07) is 6.92. The summed E-state index contributed by atoms with van der Waals surface area (Å²) in [6.07, 6.45) is 1.15. The maximum Gasteiger partial charge on any atom is 0.253 e. The molecule has 0 heterocycles. The second-order valence-corrected chi connectivity index (χ2v) is 3.53. The third-order valence-corrected chi connectivity index (χ3v) is 1.99. The van der Waals surface area contributed by atoms with Crippen LogP contribution in [0.1, 0.15) is 16.8 Å². The Morgan fingerprint density at radius 1 is 1.44 bits per heavy atom. The molecule has 1 rings (SSSR count). The minimum atomic E-state index is -0.0687. The lowest BCUT2D eigenvalue weighted by Crippen LogP contribution is -2.21. The largest absolute Gasteiger partial charge is 0.493 e. The van der Waals surface area contributed by atoms with E-state index < -0.39 is 0 Å². The van der Waals surface area contributed by atoms with E-state index >= 15 is 0 Å². The Labute approximate surface area is 94.8 Å². The smallest absolute Gasteiger partial charge is 0.253 e. The molecule has 4 heteroatoms. The van der Waals surface area contributed by atoms with Crippen LogP contribution in [0.4, 0.5) is 0 Å². The summed E-state index contributed by atoms with van der Waals surface area (Å²) in [6.45, 7) is 0.336. The lowest BCUT2D eigenvalue weighted by Gasteiger charge is -2.11. The molecule has 0 saturated heterocycles. The molecule has 0 aliphatic heterocycles. The van der Waals surface area contributed by atoms with Gasteiger partial charge in [0.15, 0.2) is 0 Å². The lowest BCUT2D eigenvalue weighted by atomic mass is 10.2. The summed E-state index contributed by atoms with van der Waals surface area (Å²) in [7, 11) is 3.39. The number of hydrogen-bond acceptors (Lipinski definition) is 3. The van der Waals surface area contributed by atoms with Crippen LogP contribution in [0.25, 0.3) is 0 Å². The summed E-state index contributed by atoms with van der Waals surface area (Å²) in [5.74, 6) is 0.537. The van der Waals surface area contributed by atoms with E-state index in [4.69, 9.17) is 4.74 Å². The molecule has 16 heavy (non-hydrogen) atoms. The van der Waals surface area contributed by atoms with Crippen molar-refractivity contribution in [3.8, 4) is 5.75 Å². The first-order valence-electron chi connectivity index (χ1n) is 5.03. The fourth-order valence-electron chi connectivity index (χ4n) is 1.20. The van der Waals surface area contributed by atoms with Gasteiger partial charge in [0.25, 0.3) is 5.91 Å². The number of benzene rings is 1. The van der Waals surface area contributed by atoms with Gasteiger partial charge in [0, 0.05) is 26.1 Å². The highest BCUT2D eigenvalue weighted by Gasteiger charge is 2.08. The van der Waals surface area contributed by atoms with Crippen LogP contribution >= 0.6 is 0 Å². The summed E-state index contributed by atoms with van der Waals surface area (Å²) in [4.78, 5) is 23.3. The van der Waals surface area contributed by atoms with Crippen LogP contribution in [0.2, 0.25) is 0 Å². The number of rotatable bonds is 5. The molecule has 0 aliphatic rings. The molecule has 0 fully saturated rings. The van der Waals surface area contributed by atoms with Gasteiger partial charge in [-0.2, -0.15) is 0 Å². The fourth-order valence-corrected chi connectivity index (χ4v) is 1.20. The summed E-state index contributed by atoms with van der Waals surface area (Å²) < 4.78 is 5.31. The molecule has 1 aromatic carbocycles. The zero-order valence-electron chi connectivity index (χ0n) is 9.47. The van der Waals surface area contributed by atoms with Crippen molar-refractivity contribution < 1.29 is 14.3 Å². The Hall–Kier alpha value is -1.84. The molecule has 1 aromatic rings. The number of ether oxygens (including phenoxy) is 1. The van der Waals surface area contributed by atoms with Gasteiger partial charge >= 0.3 is 0 Å². The minimum Gasteiger partial charge on any atom is -0.493 e. The molecule has 0 atom stereocenters. The monoisotopic (exact) mass is 221 g/mol. The Morgan fingerprint density at radius 3 is 2.81 bits per heavy atom. The van der Waals surface area contributed by atoms with Crippen molar-refractivity contribution in [2.24, 2.45) is 0 Å². The van der Waals surface area contributed by atoms with E-state index in [0.29, 0.717) is 24.3 Å². The molecule has 0 unspecified atom stereocenters. The van der Waals surface area contributed by atoms with Gasteiger partial charge in [-0.25, -0.2) is 0 Å². The van der Waals surface area contributed by atoms with E-state index in [1.165, 1.54) is 4.90 Å². The van der Waals surface area contributed by atoms with E-state index in [2.05, 4.69) is 0 Å². The third kappa shape index (κ3) is 3.38. The van der Waals surface area contributed by atoms with Crippen LogP contribution in [-0.4, -0.2) is 37.8 Å². The van der Waals surface area contributed by atoms with Crippen molar-refractivity contribution in [3.05, 3.63) is 29.8 Å². The first-order valence-corrected chi connectivity index (χ1v) is 5.03. The van der Waals surface area contributed by atoms with Crippen LogP contribution in [0.5, 0.6) is 5.75 Å². The fraction of sp³-hybridized carbons (Fsp3) is 0.333. The van der Waals surface area contributed by atoms with Crippen molar-refractivity contribution in [3.63, 3.8) is 0 Å². The minimum absolute atomic E-state index is 0.0687. The van der Waals surface area contributed by atoms with E-state index in [0.717, 1.165) is 6.29 Å². The molecule has 1 amide bonds. The number of amides is 1. The highest BCUT2D eigenvalue weighted by molar-refractivity contribution is 5.94. The molecular formula is C12H15NO3. The first-order chi connectivity index (χ1) is 7.65. The third-order valence-electron chi connectivity index (χ3n) is 1.99. The van der Waals surface area contributed by atoms with Crippen molar-refractivity contribution in [2.45, 2.75) is 6.42 Å². The summed E-state index contributed by atoms with van der Waals surface area (Å²) in [5, 5.41) is 0. The Kier molecular flexibility index (Phi) is 4.51. The SMILES string of the molecule is CN(C)C(=O)c1cccc(OCCC=O)c1. The van der Waals surface area contributed by atoms with Gasteiger partial charge in [0.2, 0.25) is 0 Å². The quantitative estimate of drug-likeness (QED) is 0.557. The number of carbonyl (C=O) groups is 2. The number of carbonyl (C=O) groups excluding carboxylic acids is 2. The topological polar surface area (TPSA) is 46.6 Å². The van der Waals surface area contributed by atoms with Gasteiger partial charge in [0.1, 0.15) is 12.0 Å². The van der Waals surface area contributed by atoms with Crippen LogP contribution in [0, 0.1) is 0 Å². The maximum atomic E-state index is 11.6. The van der Waals surface area contributed by atoms with Gasteiger partial charge in [-0.1, -0.05) is 6.07 Å². The van der Waals surface area contributed by atoms with E-state index in [1.807, 2.05) is 0 Å². The second kappa shape index (κ2) is 5.90. The predicted molar refractivity (Wildman–Crippen MR) is 60.6 cm³/mol. The van der Waals surface area contributed by atoms with Gasteiger partial charge < -0.3 is 14.4 Å². The Balaban J connectivity index is 2.71. The second-order valence-electron chi connectivity index (χ2n) is 3.53. The molecule has 0 aromatic heterocycles. The Bertz CT molecular complexity index is 374. The zero-order valence-corrected chi connectivity index (χ0v) is 9.47. The highest BCUT2D eigenvalue weighted by Crippen LogP contribution is 2.14. The molecule has 0 N–H and O–H groups in total. The summed E-state index contributed by atoms with van der Waals surface area (Å²) >= 11 is 0. The molecule has 86 valence electrons. The molecule has 0 radical (unpaired) electrons. The molecular weight excluding hydrogens is 206 g/mol. The molecule has 4 nitrogen and oxygen atoms in total. The van der Waals surface area contributed by atoms with Gasteiger partial charge in [-0.3, -0.25) is 4.79 Å².